The first-order chi connectivity index (χ1) is 12.6. The molecular formula is C20H23FN2O3. The molecule has 1 aliphatic rings. The molecule has 0 saturated carbocycles. The number of hydrogen-bond acceptors (Lipinski definition) is 4. The summed E-state index contributed by atoms with van der Waals surface area (Å²) in [5.41, 5.74) is 0.952. The Balaban J connectivity index is 1.79. The smallest absolute Gasteiger partial charge is 0.263 e. The zero-order chi connectivity index (χ0) is 18.5. The summed E-state index contributed by atoms with van der Waals surface area (Å²) in [4.78, 5) is 14.8. The highest BCUT2D eigenvalue weighted by Gasteiger charge is 2.33. The van der Waals surface area contributed by atoms with E-state index in [1.54, 1.807) is 31.1 Å². The van der Waals surface area contributed by atoms with E-state index in [4.69, 9.17) is 9.47 Å². The van der Waals surface area contributed by atoms with Crippen LogP contribution in [0.5, 0.6) is 11.5 Å². The molecule has 2 aromatic carbocycles. The lowest BCUT2D eigenvalue weighted by atomic mass is 10.0. The first kappa shape index (κ1) is 18.2. The van der Waals surface area contributed by atoms with Crippen LogP contribution in [0.2, 0.25) is 0 Å². The number of para-hydroxylation sites is 1. The van der Waals surface area contributed by atoms with E-state index in [2.05, 4.69) is 5.32 Å². The minimum absolute atomic E-state index is 0.133. The van der Waals surface area contributed by atoms with E-state index >= 15 is 0 Å². The first-order valence-electron chi connectivity index (χ1n) is 8.66. The number of piperazine rings is 1. The average molecular weight is 358 g/mol. The molecule has 1 heterocycles. The third kappa shape index (κ3) is 3.96. The summed E-state index contributed by atoms with van der Waals surface area (Å²) in [6, 6.07) is 13.4. The normalized spacial score (nSPS) is 18.3. The van der Waals surface area contributed by atoms with Gasteiger partial charge in [-0.25, -0.2) is 4.39 Å². The fourth-order valence-electron chi connectivity index (χ4n) is 3.22. The number of ether oxygens (including phenoxy) is 2. The Bertz CT molecular complexity index is 768. The van der Waals surface area contributed by atoms with Crippen molar-refractivity contribution in [2.75, 3.05) is 26.7 Å². The minimum atomic E-state index is -0.716. The summed E-state index contributed by atoms with van der Waals surface area (Å²) in [6.07, 6.45) is -0.716. The molecular weight excluding hydrogens is 335 g/mol. The van der Waals surface area contributed by atoms with Crippen molar-refractivity contribution in [2.45, 2.75) is 19.1 Å². The Morgan fingerprint density at radius 2 is 2.08 bits per heavy atom. The van der Waals surface area contributed by atoms with Gasteiger partial charge >= 0.3 is 0 Å². The van der Waals surface area contributed by atoms with Gasteiger partial charge in [0.25, 0.3) is 5.91 Å². The van der Waals surface area contributed by atoms with Crippen molar-refractivity contribution in [2.24, 2.45) is 0 Å². The van der Waals surface area contributed by atoms with Crippen molar-refractivity contribution >= 4 is 5.91 Å². The van der Waals surface area contributed by atoms with E-state index in [1.165, 1.54) is 12.1 Å². The molecule has 0 aliphatic carbocycles. The number of amides is 1. The minimum Gasteiger partial charge on any atom is -0.496 e. The molecule has 138 valence electrons. The van der Waals surface area contributed by atoms with Gasteiger partial charge in [-0.1, -0.05) is 24.3 Å². The maximum Gasteiger partial charge on any atom is 0.263 e. The second-order valence-corrected chi connectivity index (χ2v) is 6.21. The van der Waals surface area contributed by atoms with Crippen LogP contribution in [0, 0.1) is 5.82 Å². The number of methoxy groups -OCH3 is 1. The van der Waals surface area contributed by atoms with Crippen LogP contribution < -0.4 is 14.8 Å². The van der Waals surface area contributed by atoms with Crippen LogP contribution in [0.15, 0.2) is 48.5 Å². The van der Waals surface area contributed by atoms with Crippen molar-refractivity contribution in [3.05, 3.63) is 59.9 Å². The maximum absolute atomic E-state index is 13.3. The van der Waals surface area contributed by atoms with Crippen LogP contribution in [0.1, 0.15) is 18.5 Å². The van der Waals surface area contributed by atoms with Crippen LogP contribution in [0.3, 0.4) is 0 Å². The molecule has 1 amide bonds. The Kier molecular flexibility index (Phi) is 5.73. The van der Waals surface area contributed by atoms with Crippen molar-refractivity contribution in [1.29, 1.82) is 0 Å². The van der Waals surface area contributed by atoms with E-state index in [0.29, 0.717) is 25.4 Å². The van der Waals surface area contributed by atoms with Gasteiger partial charge in [0, 0.05) is 31.3 Å². The molecule has 0 radical (unpaired) electrons. The molecule has 3 rings (SSSR count). The summed E-state index contributed by atoms with van der Waals surface area (Å²) >= 11 is 0. The number of nitrogens with zero attached hydrogens (tertiary/aromatic N) is 1. The fourth-order valence-corrected chi connectivity index (χ4v) is 3.22. The number of hydrogen-bond donors (Lipinski definition) is 1. The molecule has 5 nitrogen and oxygen atoms in total. The van der Waals surface area contributed by atoms with Gasteiger partial charge in [-0.15, -0.1) is 0 Å². The first-order valence-corrected chi connectivity index (χ1v) is 8.66. The third-order valence-electron chi connectivity index (χ3n) is 4.48. The monoisotopic (exact) mass is 358 g/mol. The van der Waals surface area contributed by atoms with Gasteiger partial charge in [-0.2, -0.15) is 0 Å². The maximum atomic E-state index is 13.3. The largest absolute Gasteiger partial charge is 0.496 e. The molecule has 0 bridgehead atoms. The van der Waals surface area contributed by atoms with Gasteiger partial charge in [0.2, 0.25) is 0 Å². The van der Waals surface area contributed by atoms with Crippen molar-refractivity contribution in [3.8, 4) is 11.5 Å². The highest BCUT2D eigenvalue weighted by atomic mass is 19.1. The molecule has 2 atom stereocenters. The predicted molar refractivity (Wildman–Crippen MR) is 96.8 cm³/mol. The van der Waals surface area contributed by atoms with E-state index in [0.717, 1.165) is 11.3 Å². The summed E-state index contributed by atoms with van der Waals surface area (Å²) in [7, 11) is 1.62. The number of nitrogens with one attached hydrogen (secondary N) is 1. The van der Waals surface area contributed by atoms with Crippen LogP contribution in [-0.2, 0) is 4.79 Å². The molecule has 6 heteroatoms. The summed E-state index contributed by atoms with van der Waals surface area (Å²) in [6.45, 7) is 3.61. The number of rotatable bonds is 5. The van der Waals surface area contributed by atoms with E-state index in [9.17, 15) is 9.18 Å². The van der Waals surface area contributed by atoms with Crippen LogP contribution in [0.4, 0.5) is 4.39 Å². The average Bonchev–Trinajstić information content (AvgIpc) is 2.67. The second kappa shape index (κ2) is 8.19. The van der Waals surface area contributed by atoms with Crippen LogP contribution in [0.25, 0.3) is 0 Å². The number of carbonyl (C=O) groups is 1. The lowest BCUT2D eigenvalue weighted by molar-refractivity contribution is -0.141. The topological polar surface area (TPSA) is 50.8 Å². The van der Waals surface area contributed by atoms with Crippen molar-refractivity contribution in [1.82, 2.24) is 10.2 Å². The fraction of sp³-hybridized carbons (Fsp3) is 0.350. The lowest BCUT2D eigenvalue weighted by Crippen LogP contribution is -2.52. The molecule has 1 saturated heterocycles. The molecule has 26 heavy (non-hydrogen) atoms. The third-order valence-corrected chi connectivity index (χ3v) is 4.48. The Morgan fingerprint density at radius 3 is 2.85 bits per heavy atom. The zero-order valence-corrected chi connectivity index (χ0v) is 14.9. The molecule has 1 N–H and O–H groups in total. The van der Waals surface area contributed by atoms with Crippen molar-refractivity contribution < 1.29 is 18.7 Å². The van der Waals surface area contributed by atoms with Crippen LogP contribution >= 0.6 is 0 Å². The van der Waals surface area contributed by atoms with Gasteiger partial charge in [0.1, 0.15) is 17.3 Å². The van der Waals surface area contributed by atoms with E-state index in [-0.39, 0.29) is 11.9 Å². The van der Waals surface area contributed by atoms with Gasteiger partial charge in [-0.3, -0.25) is 4.79 Å². The standard InChI is InChI=1S/C20H23FN2O3/c1-14(26-16-7-5-6-15(21)12-16)20(24)23-11-10-22-13-18(23)17-8-3-4-9-19(17)25-2/h3-9,12,14,18,22H,10-11,13H2,1-2H3. The predicted octanol–water partition coefficient (Wildman–Crippen LogP) is 2.77. The highest BCUT2D eigenvalue weighted by Crippen LogP contribution is 2.30. The van der Waals surface area contributed by atoms with Crippen LogP contribution in [-0.4, -0.2) is 43.7 Å². The summed E-state index contributed by atoms with van der Waals surface area (Å²) < 4.78 is 24.5. The van der Waals surface area contributed by atoms with E-state index < -0.39 is 11.9 Å². The second-order valence-electron chi connectivity index (χ2n) is 6.21. The lowest BCUT2D eigenvalue weighted by Gasteiger charge is -2.38. The highest BCUT2D eigenvalue weighted by molar-refractivity contribution is 5.81. The Morgan fingerprint density at radius 1 is 1.27 bits per heavy atom. The van der Waals surface area contributed by atoms with E-state index in [1.807, 2.05) is 24.3 Å². The van der Waals surface area contributed by atoms with Gasteiger partial charge < -0.3 is 19.7 Å². The molecule has 2 aromatic rings. The Hall–Kier alpha value is -2.60. The molecule has 2 unspecified atom stereocenters. The zero-order valence-electron chi connectivity index (χ0n) is 14.9. The number of carbonyl (C=O) groups excluding carboxylic acids is 1. The molecule has 1 aliphatic heterocycles. The van der Waals surface area contributed by atoms with Gasteiger partial charge in [0.15, 0.2) is 6.10 Å². The summed E-state index contributed by atoms with van der Waals surface area (Å²) in [5, 5.41) is 3.33. The summed E-state index contributed by atoms with van der Waals surface area (Å²) in [5.74, 6) is 0.565. The molecule has 0 spiro atoms. The molecule has 0 aromatic heterocycles. The van der Waals surface area contributed by atoms with Crippen molar-refractivity contribution in [3.63, 3.8) is 0 Å². The van der Waals surface area contributed by atoms with Gasteiger partial charge in [-0.05, 0) is 25.1 Å². The van der Waals surface area contributed by atoms with Gasteiger partial charge in [0.05, 0.1) is 13.2 Å². The number of halogens is 1. The SMILES string of the molecule is COc1ccccc1C1CNCCN1C(=O)C(C)Oc1cccc(F)c1. The number of benzene rings is 2. The quantitative estimate of drug-likeness (QED) is 0.893. The Labute approximate surface area is 152 Å². The molecule has 1 fully saturated rings.